The number of nitrogens with zero attached hydrogens (tertiary/aromatic N) is 1. The van der Waals surface area contributed by atoms with Gasteiger partial charge < -0.3 is 5.73 Å². The fourth-order valence-corrected chi connectivity index (χ4v) is 2.29. The van der Waals surface area contributed by atoms with Crippen molar-refractivity contribution >= 4 is 16.8 Å². The minimum absolute atomic E-state index is 0.168. The second-order valence-corrected chi connectivity index (χ2v) is 5.69. The van der Waals surface area contributed by atoms with Crippen LogP contribution in [0.25, 0.3) is 10.9 Å². The molecule has 0 aliphatic carbocycles. The summed E-state index contributed by atoms with van der Waals surface area (Å²) < 4.78 is 1.82. The molecule has 0 fully saturated rings. The standard InChI is InChI=1S/C16H22N2O/c1-4-16(2,3)15(19)18-11-12(9-10-17)13-7-5-6-8-14(13)18/h5-8,11H,4,9-10,17H2,1-3H3/p+1. The maximum Gasteiger partial charge on any atom is 0.236 e. The lowest BCUT2D eigenvalue weighted by Gasteiger charge is -2.21. The third-order valence-electron chi connectivity index (χ3n) is 3.92. The van der Waals surface area contributed by atoms with Crippen LogP contribution in [0.3, 0.4) is 0 Å². The van der Waals surface area contributed by atoms with E-state index in [0.29, 0.717) is 0 Å². The number of carbonyl (C=O) groups excluding carboxylic acids is 1. The Balaban J connectivity index is 2.58. The van der Waals surface area contributed by atoms with Crippen molar-refractivity contribution in [1.29, 1.82) is 0 Å². The summed E-state index contributed by atoms with van der Waals surface area (Å²) in [6.07, 6.45) is 3.74. The molecule has 0 aliphatic heterocycles. The van der Waals surface area contributed by atoms with Gasteiger partial charge in [-0.15, -0.1) is 0 Å². The lowest BCUT2D eigenvalue weighted by molar-refractivity contribution is -0.366. The van der Waals surface area contributed by atoms with E-state index in [1.165, 1.54) is 10.9 Å². The summed E-state index contributed by atoms with van der Waals surface area (Å²) in [7, 11) is 0. The van der Waals surface area contributed by atoms with E-state index in [0.717, 1.165) is 24.9 Å². The van der Waals surface area contributed by atoms with E-state index in [1.807, 2.05) is 42.8 Å². The van der Waals surface area contributed by atoms with Crippen LogP contribution < -0.4 is 5.73 Å². The highest BCUT2D eigenvalue weighted by Gasteiger charge is 2.28. The van der Waals surface area contributed by atoms with Crippen molar-refractivity contribution < 1.29 is 10.5 Å². The van der Waals surface area contributed by atoms with Crippen LogP contribution in [-0.4, -0.2) is 17.0 Å². The number of hydrogen-bond donors (Lipinski definition) is 1. The molecule has 102 valence electrons. The summed E-state index contributed by atoms with van der Waals surface area (Å²) in [5, 5.41) is 1.17. The number of fused-ring (bicyclic) bond motifs is 1. The Morgan fingerprint density at radius 2 is 2.00 bits per heavy atom. The van der Waals surface area contributed by atoms with Crippen LogP contribution in [-0.2, 0) is 6.42 Å². The minimum atomic E-state index is -0.330. The van der Waals surface area contributed by atoms with Crippen LogP contribution in [0.4, 0.5) is 0 Å². The summed E-state index contributed by atoms with van der Waals surface area (Å²) in [6.45, 7) is 6.91. The predicted molar refractivity (Wildman–Crippen MR) is 78.1 cm³/mol. The van der Waals surface area contributed by atoms with E-state index in [1.54, 1.807) is 0 Å². The van der Waals surface area contributed by atoms with Crippen molar-refractivity contribution in [3.63, 3.8) is 0 Å². The zero-order valence-electron chi connectivity index (χ0n) is 12.1. The van der Waals surface area contributed by atoms with Crippen LogP contribution in [0.2, 0.25) is 0 Å². The van der Waals surface area contributed by atoms with Gasteiger partial charge in [-0.25, -0.2) is 0 Å². The van der Waals surface area contributed by atoms with Gasteiger partial charge in [0.05, 0.1) is 12.1 Å². The van der Waals surface area contributed by atoms with Gasteiger partial charge in [-0.3, -0.25) is 9.36 Å². The lowest BCUT2D eigenvalue weighted by Crippen LogP contribution is -2.51. The Labute approximate surface area is 114 Å². The number of quaternary nitrogens is 1. The van der Waals surface area contributed by atoms with Crippen molar-refractivity contribution in [2.24, 2.45) is 5.41 Å². The molecule has 3 nitrogen and oxygen atoms in total. The van der Waals surface area contributed by atoms with Gasteiger partial charge in [0.25, 0.3) is 0 Å². The Hall–Kier alpha value is -1.61. The lowest BCUT2D eigenvalue weighted by atomic mass is 9.89. The molecular weight excluding hydrogens is 236 g/mol. The van der Waals surface area contributed by atoms with E-state index in [4.69, 9.17) is 0 Å². The summed E-state index contributed by atoms with van der Waals surface area (Å²) in [6, 6.07) is 8.11. The number of hydrogen-bond acceptors (Lipinski definition) is 1. The summed E-state index contributed by atoms with van der Waals surface area (Å²) in [5.41, 5.74) is 5.81. The Bertz CT molecular complexity index is 596. The van der Waals surface area contributed by atoms with Crippen molar-refractivity contribution in [1.82, 2.24) is 4.57 Å². The highest BCUT2D eigenvalue weighted by atomic mass is 16.2. The average molecular weight is 259 g/mol. The summed E-state index contributed by atoms with van der Waals surface area (Å²) >= 11 is 0. The zero-order chi connectivity index (χ0) is 14.0. The first kappa shape index (κ1) is 13.8. The topological polar surface area (TPSA) is 49.6 Å². The molecule has 0 bridgehead atoms. The quantitative estimate of drug-likeness (QED) is 0.901. The molecule has 0 radical (unpaired) electrons. The van der Waals surface area contributed by atoms with Crippen LogP contribution in [0.5, 0.6) is 0 Å². The molecule has 0 saturated heterocycles. The number of carbonyl (C=O) groups is 1. The molecule has 0 aliphatic rings. The molecule has 0 atom stereocenters. The molecule has 1 aromatic heterocycles. The van der Waals surface area contributed by atoms with Crippen molar-refractivity contribution in [2.45, 2.75) is 33.6 Å². The van der Waals surface area contributed by atoms with Crippen LogP contribution >= 0.6 is 0 Å². The maximum atomic E-state index is 12.7. The van der Waals surface area contributed by atoms with Gasteiger partial charge in [0.15, 0.2) is 0 Å². The minimum Gasteiger partial charge on any atom is -0.357 e. The largest absolute Gasteiger partial charge is 0.357 e. The third-order valence-corrected chi connectivity index (χ3v) is 3.92. The van der Waals surface area contributed by atoms with E-state index in [2.05, 4.69) is 18.7 Å². The van der Waals surface area contributed by atoms with Crippen LogP contribution in [0.1, 0.15) is 37.6 Å². The van der Waals surface area contributed by atoms with Gasteiger partial charge in [0.2, 0.25) is 5.91 Å². The normalized spacial score (nSPS) is 12.0. The third kappa shape index (κ3) is 2.43. The molecule has 0 saturated carbocycles. The molecule has 2 rings (SSSR count). The van der Waals surface area contributed by atoms with Crippen molar-refractivity contribution in [3.05, 3.63) is 36.0 Å². The second kappa shape index (κ2) is 5.17. The first-order chi connectivity index (χ1) is 9.01. The second-order valence-electron chi connectivity index (χ2n) is 5.69. The van der Waals surface area contributed by atoms with E-state index < -0.39 is 0 Å². The molecule has 3 heteroatoms. The van der Waals surface area contributed by atoms with Gasteiger partial charge in [-0.1, -0.05) is 39.0 Å². The van der Waals surface area contributed by atoms with Crippen LogP contribution in [0, 0.1) is 5.41 Å². The first-order valence-corrected chi connectivity index (χ1v) is 6.94. The fraction of sp³-hybridized carbons (Fsp3) is 0.438. The molecular formula is C16H23N2O+. The van der Waals surface area contributed by atoms with Gasteiger partial charge in [-0.2, -0.15) is 0 Å². The Kier molecular flexibility index (Phi) is 3.76. The highest BCUT2D eigenvalue weighted by Crippen LogP contribution is 2.28. The molecule has 2 aromatic rings. The molecule has 19 heavy (non-hydrogen) atoms. The number of aromatic nitrogens is 1. The SMILES string of the molecule is CCC(C)(C)C(=O)n1cc(CC[NH3+])c2ccccc21. The van der Waals surface area contributed by atoms with Crippen LogP contribution in [0.15, 0.2) is 30.5 Å². The monoisotopic (exact) mass is 259 g/mol. The molecule has 0 spiro atoms. The van der Waals surface area contributed by atoms with Gasteiger partial charge >= 0.3 is 0 Å². The van der Waals surface area contributed by atoms with E-state index in [9.17, 15) is 4.79 Å². The zero-order valence-corrected chi connectivity index (χ0v) is 12.1. The van der Waals surface area contributed by atoms with Gasteiger partial charge in [-0.05, 0) is 18.1 Å². The number of benzene rings is 1. The predicted octanol–water partition coefficient (Wildman–Crippen LogP) is 2.50. The number of para-hydroxylation sites is 1. The number of rotatable bonds is 4. The molecule has 0 amide bonds. The molecule has 1 aromatic carbocycles. The van der Waals surface area contributed by atoms with E-state index >= 15 is 0 Å². The maximum absolute atomic E-state index is 12.7. The summed E-state index contributed by atoms with van der Waals surface area (Å²) in [5.74, 6) is 0.168. The highest BCUT2D eigenvalue weighted by molar-refractivity contribution is 5.96. The van der Waals surface area contributed by atoms with Gasteiger partial charge in [0.1, 0.15) is 0 Å². The smallest absolute Gasteiger partial charge is 0.236 e. The average Bonchev–Trinajstić information content (AvgIpc) is 2.77. The molecule has 3 N–H and O–H groups in total. The molecule has 1 heterocycles. The summed E-state index contributed by atoms with van der Waals surface area (Å²) in [4.78, 5) is 12.7. The Morgan fingerprint density at radius 3 is 2.63 bits per heavy atom. The molecule has 0 unspecified atom stereocenters. The van der Waals surface area contributed by atoms with Crippen molar-refractivity contribution in [3.8, 4) is 0 Å². The Morgan fingerprint density at radius 1 is 1.32 bits per heavy atom. The van der Waals surface area contributed by atoms with Gasteiger partial charge in [0, 0.05) is 23.4 Å². The fourth-order valence-electron chi connectivity index (χ4n) is 2.29. The first-order valence-electron chi connectivity index (χ1n) is 6.94. The van der Waals surface area contributed by atoms with E-state index in [-0.39, 0.29) is 11.3 Å². The van der Waals surface area contributed by atoms with Crippen molar-refractivity contribution in [2.75, 3.05) is 6.54 Å².